The average Bonchev–Trinajstić information content (AvgIpc) is 2.98. The monoisotopic (exact) mass is 579 g/mol. The number of thioether (sulfide) groups is 1. The number of aliphatic hydroxyl groups is 1. The van der Waals surface area contributed by atoms with Crippen LogP contribution in [0.25, 0.3) is 0 Å². The molecule has 1 aliphatic rings. The molecule has 0 radical (unpaired) electrons. The van der Waals surface area contributed by atoms with Crippen molar-refractivity contribution >= 4 is 29.3 Å². The van der Waals surface area contributed by atoms with Gasteiger partial charge in [0.05, 0.1) is 18.8 Å². The third-order valence-corrected chi connectivity index (χ3v) is 7.87. The molecule has 3 aromatic rings. The van der Waals surface area contributed by atoms with Gasteiger partial charge in [-0.2, -0.15) is 4.73 Å². The molecule has 3 N–H and O–H groups in total. The first-order chi connectivity index (χ1) is 19.9. The maximum atomic E-state index is 12.5. The van der Waals surface area contributed by atoms with Crippen molar-refractivity contribution in [3.05, 3.63) is 94.8 Å². The molecule has 10 heteroatoms. The van der Waals surface area contributed by atoms with Gasteiger partial charge in [-0.1, -0.05) is 54.6 Å². The number of carbonyl (C=O) groups excluding carboxylic acids is 2. The molecule has 0 unspecified atom stereocenters. The molecule has 218 valence electrons. The zero-order valence-corrected chi connectivity index (χ0v) is 24.0. The van der Waals surface area contributed by atoms with Gasteiger partial charge in [0.1, 0.15) is 0 Å². The number of carbonyl (C=O) groups is 2. The maximum Gasteiger partial charge on any atom is 0.251 e. The quantitative estimate of drug-likeness (QED) is 0.115. The van der Waals surface area contributed by atoms with Gasteiger partial charge >= 0.3 is 0 Å². The minimum Gasteiger partial charge on any atom is -0.618 e. The second-order valence-corrected chi connectivity index (χ2v) is 11.0. The molecule has 1 aliphatic heterocycles. The highest BCUT2D eigenvalue weighted by Gasteiger charge is 2.33. The van der Waals surface area contributed by atoms with E-state index >= 15 is 0 Å². The topological polar surface area (TPSA) is 124 Å². The van der Waals surface area contributed by atoms with Crippen molar-refractivity contribution < 1.29 is 28.9 Å². The molecular weight excluding hydrogens is 542 g/mol. The smallest absolute Gasteiger partial charge is 0.251 e. The van der Waals surface area contributed by atoms with Crippen LogP contribution >= 0.6 is 11.8 Å². The van der Waals surface area contributed by atoms with Crippen LogP contribution in [0.2, 0.25) is 0 Å². The molecule has 0 aliphatic carbocycles. The van der Waals surface area contributed by atoms with E-state index in [1.54, 1.807) is 12.1 Å². The van der Waals surface area contributed by atoms with Gasteiger partial charge < -0.3 is 30.4 Å². The van der Waals surface area contributed by atoms with E-state index in [0.717, 1.165) is 40.7 Å². The van der Waals surface area contributed by atoms with Gasteiger partial charge in [0, 0.05) is 55.4 Å². The van der Waals surface area contributed by atoms with Crippen LogP contribution in [0.5, 0.6) is 0 Å². The number of aliphatic hydroxyl groups excluding tert-OH is 1. The Hall–Kier alpha value is -3.44. The van der Waals surface area contributed by atoms with E-state index in [9.17, 15) is 19.9 Å². The highest BCUT2D eigenvalue weighted by Crippen LogP contribution is 2.39. The van der Waals surface area contributed by atoms with Crippen molar-refractivity contribution in [2.75, 3.05) is 17.6 Å². The Bertz CT molecular complexity index is 1290. The standard InChI is InChI=1S/C31H37N3O6S/c1-22(36)32-16-5-2-3-10-29(37)33-26-9-7-8-25(18-26)31-39-27(21-41-30-11-4-6-17-34(30)38)19-28(40-31)24-14-12-23(20-35)13-15-24/h4,6-9,11-15,17-18,27-28,31,35H,2-3,5,10,16,19-21H2,1H3,(H,32,36)(H,33,37)/t27-,28+,31+/m1/s1. The lowest BCUT2D eigenvalue weighted by Gasteiger charge is -2.36. The number of amides is 2. The number of hydrogen-bond acceptors (Lipinski definition) is 7. The fourth-order valence-corrected chi connectivity index (χ4v) is 5.50. The summed E-state index contributed by atoms with van der Waals surface area (Å²) in [6, 6.07) is 20.5. The van der Waals surface area contributed by atoms with Crippen LogP contribution in [-0.4, -0.2) is 35.3 Å². The molecule has 4 rings (SSSR count). The van der Waals surface area contributed by atoms with Crippen molar-refractivity contribution in [2.24, 2.45) is 0 Å². The summed E-state index contributed by atoms with van der Waals surface area (Å²) in [6.45, 7) is 2.08. The highest BCUT2D eigenvalue weighted by molar-refractivity contribution is 7.99. The predicted octanol–water partition coefficient (Wildman–Crippen LogP) is 4.79. The van der Waals surface area contributed by atoms with Crippen molar-refractivity contribution in [3.8, 4) is 0 Å². The number of benzene rings is 2. The van der Waals surface area contributed by atoms with Crippen LogP contribution in [-0.2, 0) is 25.7 Å². The second kappa shape index (κ2) is 15.5. The SMILES string of the molecule is CC(=O)NCCCCCC(=O)Nc1cccc([C@H]2O[C@@H](CSc3cccc[n+]3[O-])C[C@@H](c3ccc(CO)cc3)O2)c1. The van der Waals surface area contributed by atoms with E-state index in [0.29, 0.717) is 35.9 Å². The minimum absolute atomic E-state index is 0.0291. The fourth-order valence-electron chi connectivity index (χ4n) is 4.56. The minimum atomic E-state index is -0.669. The van der Waals surface area contributed by atoms with Crippen LogP contribution in [0.15, 0.2) is 78.0 Å². The molecule has 2 aromatic carbocycles. The Morgan fingerprint density at radius 1 is 1.02 bits per heavy atom. The summed E-state index contributed by atoms with van der Waals surface area (Å²) in [6.07, 6.45) is 3.78. The summed E-state index contributed by atoms with van der Waals surface area (Å²) in [5, 5.41) is 27.9. The number of aromatic nitrogens is 1. The zero-order chi connectivity index (χ0) is 29.0. The Morgan fingerprint density at radius 3 is 2.61 bits per heavy atom. The number of unbranched alkanes of at least 4 members (excludes halogenated alkanes) is 2. The van der Waals surface area contributed by atoms with Crippen molar-refractivity contribution in [1.29, 1.82) is 0 Å². The van der Waals surface area contributed by atoms with Crippen molar-refractivity contribution in [1.82, 2.24) is 5.32 Å². The lowest BCUT2D eigenvalue weighted by Crippen LogP contribution is -2.32. The van der Waals surface area contributed by atoms with Crippen LogP contribution in [0, 0.1) is 5.21 Å². The number of rotatable bonds is 13. The summed E-state index contributed by atoms with van der Waals surface area (Å²) in [5.74, 6) is 0.448. The molecule has 1 aromatic heterocycles. The van der Waals surface area contributed by atoms with E-state index in [1.165, 1.54) is 24.9 Å². The summed E-state index contributed by atoms with van der Waals surface area (Å²) < 4.78 is 13.6. The van der Waals surface area contributed by atoms with Crippen LogP contribution in [0.1, 0.15) is 68.1 Å². The van der Waals surface area contributed by atoms with Gasteiger partial charge in [-0.25, -0.2) is 0 Å². The molecule has 0 saturated carbocycles. The zero-order valence-electron chi connectivity index (χ0n) is 23.2. The molecular formula is C31H37N3O6S. The molecule has 41 heavy (non-hydrogen) atoms. The van der Waals surface area contributed by atoms with E-state index in [2.05, 4.69) is 10.6 Å². The summed E-state index contributed by atoms with van der Waals surface area (Å²) >= 11 is 1.44. The Kier molecular flexibility index (Phi) is 11.6. The van der Waals surface area contributed by atoms with Crippen LogP contribution < -0.4 is 15.4 Å². The Balaban J connectivity index is 1.41. The third kappa shape index (κ3) is 9.57. The fraction of sp³-hybridized carbons (Fsp3) is 0.387. The number of ether oxygens (including phenoxy) is 2. The summed E-state index contributed by atoms with van der Waals surface area (Å²) in [4.78, 5) is 23.5. The lowest BCUT2D eigenvalue weighted by molar-refractivity contribution is -0.645. The Labute approximate surface area is 244 Å². The van der Waals surface area contributed by atoms with Crippen LogP contribution in [0.3, 0.4) is 0 Å². The average molecular weight is 580 g/mol. The Morgan fingerprint density at radius 2 is 1.85 bits per heavy atom. The maximum absolute atomic E-state index is 12.5. The van der Waals surface area contributed by atoms with Gasteiger partial charge in [-0.3, -0.25) is 9.59 Å². The first-order valence-electron chi connectivity index (χ1n) is 13.9. The normalized spacial score (nSPS) is 18.5. The molecule has 9 nitrogen and oxygen atoms in total. The molecule has 1 fully saturated rings. The number of anilines is 1. The van der Waals surface area contributed by atoms with Crippen molar-refractivity contribution in [2.45, 2.75) is 69.2 Å². The van der Waals surface area contributed by atoms with Gasteiger partial charge in [0.15, 0.2) is 12.5 Å². The van der Waals surface area contributed by atoms with Gasteiger partial charge in [-0.15, -0.1) is 0 Å². The second-order valence-electron chi connectivity index (χ2n) is 9.99. The van der Waals surface area contributed by atoms with E-state index in [-0.39, 0.29) is 30.6 Å². The van der Waals surface area contributed by atoms with Gasteiger partial charge in [0.2, 0.25) is 11.8 Å². The van der Waals surface area contributed by atoms with E-state index in [1.807, 2.05) is 54.6 Å². The largest absolute Gasteiger partial charge is 0.618 e. The summed E-state index contributed by atoms with van der Waals surface area (Å²) in [7, 11) is 0. The lowest BCUT2D eigenvalue weighted by atomic mass is 10.0. The van der Waals surface area contributed by atoms with Gasteiger partial charge in [0.25, 0.3) is 5.03 Å². The molecule has 1 saturated heterocycles. The summed E-state index contributed by atoms with van der Waals surface area (Å²) in [5.41, 5.74) is 3.25. The molecule has 0 bridgehead atoms. The van der Waals surface area contributed by atoms with Crippen molar-refractivity contribution in [3.63, 3.8) is 0 Å². The highest BCUT2D eigenvalue weighted by atomic mass is 32.2. The third-order valence-electron chi connectivity index (χ3n) is 6.72. The van der Waals surface area contributed by atoms with Gasteiger partial charge in [-0.05, 0) is 42.2 Å². The number of pyridine rings is 1. The first kappa shape index (κ1) is 30.5. The molecule has 3 atom stereocenters. The van der Waals surface area contributed by atoms with Crippen LogP contribution in [0.4, 0.5) is 5.69 Å². The first-order valence-corrected chi connectivity index (χ1v) is 14.9. The molecule has 0 spiro atoms. The number of hydrogen-bond donors (Lipinski definition) is 3. The van der Waals surface area contributed by atoms with E-state index in [4.69, 9.17) is 9.47 Å². The molecule has 2 amide bonds. The molecule has 2 heterocycles. The van der Waals surface area contributed by atoms with E-state index < -0.39 is 6.29 Å². The predicted molar refractivity (Wildman–Crippen MR) is 157 cm³/mol. The number of nitrogens with one attached hydrogen (secondary N) is 2. The number of nitrogens with zero attached hydrogens (tertiary/aromatic N) is 1.